The first-order valence-electron chi connectivity index (χ1n) is 19.2. The van der Waals surface area contributed by atoms with E-state index in [0.29, 0.717) is 0 Å². The molecule has 0 amide bonds. The second kappa shape index (κ2) is 18.9. The summed E-state index contributed by atoms with van der Waals surface area (Å²) < 4.78 is 43.6. The number of carbonyl (C=O) groups excluding carboxylic acids is 5. The maximum absolute atomic E-state index is 14.0. The van der Waals surface area contributed by atoms with Crippen molar-refractivity contribution in [3.8, 4) is 0 Å². The van der Waals surface area contributed by atoms with Crippen LogP contribution in [0.1, 0.15) is 99.9 Å². The molecule has 1 fully saturated rings. The van der Waals surface area contributed by atoms with Gasteiger partial charge in [0.1, 0.15) is 35.6 Å². The first-order chi connectivity index (χ1) is 25.9. The molecule has 13 heteroatoms. The predicted octanol–water partition coefficient (Wildman–Crippen LogP) is 5.95. The fourth-order valence-electron chi connectivity index (χ4n) is 7.85. The van der Waals surface area contributed by atoms with Crippen LogP contribution in [0.15, 0.2) is 54.6 Å². The Hall–Kier alpha value is -4.07. The summed E-state index contributed by atoms with van der Waals surface area (Å²) in [5.74, 6) is -5.82. The van der Waals surface area contributed by atoms with Crippen LogP contribution in [0, 0.1) is 29.1 Å². The summed E-state index contributed by atoms with van der Waals surface area (Å²) in [7, 11) is 0. The molecule has 3 rings (SSSR count). The molecule has 13 nitrogen and oxygen atoms in total. The quantitative estimate of drug-likeness (QED) is 0.150. The summed E-state index contributed by atoms with van der Waals surface area (Å²) in [6, 6.07) is 8.26. The number of benzene rings is 1. The molecule has 10 atom stereocenters. The van der Waals surface area contributed by atoms with Gasteiger partial charge in [-0.05, 0) is 36.5 Å². The molecule has 0 saturated heterocycles. The molecule has 0 unspecified atom stereocenters. The Morgan fingerprint density at radius 2 is 1.27 bits per heavy atom. The fraction of sp³-hybridized carbons (Fsp3) is 0.651. The van der Waals surface area contributed by atoms with E-state index in [1.54, 1.807) is 63.3 Å². The van der Waals surface area contributed by atoms with Gasteiger partial charge in [0, 0.05) is 58.7 Å². The monoisotopic (exact) mass is 786 g/mol. The molecule has 2 aliphatic carbocycles. The molecule has 2 aliphatic rings. The summed E-state index contributed by atoms with van der Waals surface area (Å²) >= 11 is 0. The lowest BCUT2D eigenvalue weighted by Crippen LogP contribution is -2.59. The fourth-order valence-corrected chi connectivity index (χ4v) is 7.85. The molecule has 0 heterocycles. The Labute approximate surface area is 331 Å². The Kier molecular flexibility index (Phi) is 15.6. The normalized spacial score (nSPS) is 32.3. The number of ether oxygens (including phenoxy) is 7. The van der Waals surface area contributed by atoms with Crippen molar-refractivity contribution in [2.75, 3.05) is 13.2 Å². The first kappa shape index (κ1) is 46.3. The van der Waals surface area contributed by atoms with Gasteiger partial charge in [0.25, 0.3) is 0 Å². The molecule has 0 aliphatic heterocycles. The molecular formula is C43H62O13. The van der Waals surface area contributed by atoms with E-state index in [1.165, 1.54) is 34.6 Å². The third kappa shape index (κ3) is 11.3. The van der Waals surface area contributed by atoms with Crippen LogP contribution < -0.4 is 0 Å². The summed E-state index contributed by atoms with van der Waals surface area (Å²) in [5, 5.41) is 13.5. The van der Waals surface area contributed by atoms with Crippen LogP contribution in [-0.2, 0) is 52.3 Å². The van der Waals surface area contributed by atoms with Crippen molar-refractivity contribution in [1.29, 1.82) is 0 Å². The Balaban J connectivity index is 2.56. The summed E-state index contributed by atoms with van der Waals surface area (Å²) in [6.07, 6.45) is -4.76. The molecule has 1 aromatic carbocycles. The van der Waals surface area contributed by atoms with Gasteiger partial charge in [-0.3, -0.25) is 19.2 Å². The number of esters is 5. The highest BCUT2D eigenvalue weighted by Gasteiger charge is 2.69. The van der Waals surface area contributed by atoms with Crippen molar-refractivity contribution >= 4 is 29.8 Å². The van der Waals surface area contributed by atoms with Gasteiger partial charge in [0.2, 0.25) is 0 Å². The van der Waals surface area contributed by atoms with E-state index in [-0.39, 0.29) is 42.6 Å². The van der Waals surface area contributed by atoms with Gasteiger partial charge in [-0.15, -0.1) is 0 Å². The first-order valence-corrected chi connectivity index (χ1v) is 19.2. The van der Waals surface area contributed by atoms with Crippen molar-refractivity contribution < 1.29 is 62.2 Å². The van der Waals surface area contributed by atoms with E-state index in [4.69, 9.17) is 33.2 Å². The van der Waals surface area contributed by atoms with E-state index >= 15 is 0 Å². The van der Waals surface area contributed by atoms with E-state index in [0.717, 1.165) is 0 Å². The van der Waals surface area contributed by atoms with E-state index in [2.05, 4.69) is 6.58 Å². The Bertz CT molecular complexity index is 1600. The van der Waals surface area contributed by atoms with Crippen molar-refractivity contribution in [2.45, 2.75) is 137 Å². The van der Waals surface area contributed by atoms with Crippen molar-refractivity contribution in [2.24, 2.45) is 29.1 Å². The SMILES string of the molecule is C=C1[C@H](OCC(C)C)[C@@H](OC(C)=O)[C@@H](OC(C)=O)C(C)(C)/C=C/[C@H](C)[C@H](OC(=O)c2ccccc2)[C@@]2(O)C[C@@](C)(OC(C)=O)[C@H](OC(C)=O)[C@@H]2[C@H]1OCC(C)C. The van der Waals surface area contributed by atoms with Gasteiger partial charge < -0.3 is 38.3 Å². The highest BCUT2D eigenvalue weighted by molar-refractivity contribution is 5.89. The van der Waals surface area contributed by atoms with Gasteiger partial charge in [-0.2, -0.15) is 0 Å². The van der Waals surface area contributed by atoms with Crippen molar-refractivity contribution in [1.82, 2.24) is 0 Å². The van der Waals surface area contributed by atoms with Crippen LogP contribution in [0.2, 0.25) is 0 Å². The Morgan fingerprint density at radius 1 is 0.750 bits per heavy atom. The molecule has 1 N–H and O–H groups in total. The lowest BCUT2D eigenvalue weighted by molar-refractivity contribution is -0.195. The van der Waals surface area contributed by atoms with Crippen LogP contribution in [0.25, 0.3) is 0 Å². The van der Waals surface area contributed by atoms with Crippen LogP contribution >= 0.6 is 0 Å². The second-order valence-electron chi connectivity index (χ2n) is 16.8. The Morgan fingerprint density at radius 3 is 1.77 bits per heavy atom. The number of aliphatic hydroxyl groups is 1. The minimum atomic E-state index is -2.17. The maximum Gasteiger partial charge on any atom is 0.338 e. The number of fused-ring (bicyclic) bond motifs is 1. The molecule has 56 heavy (non-hydrogen) atoms. The minimum absolute atomic E-state index is 0.0376. The molecule has 0 bridgehead atoms. The summed E-state index contributed by atoms with van der Waals surface area (Å²) in [5.41, 5.74) is -4.59. The van der Waals surface area contributed by atoms with Gasteiger partial charge in [0.05, 0.1) is 17.6 Å². The number of carbonyl (C=O) groups is 5. The van der Waals surface area contributed by atoms with Crippen LogP contribution in [-0.4, -0.2) is 96.0 Å². The van der Waals surface area contributed by atoms with E-state index < -0.39 is 94.9 Å². The zero-order valence-corrected chi connectivity index (χ0v) is 35.0. The third-order valence-electron chi connectivity index (χ3n) is 10.1. The van der Waals surface area contributed by atoms with Crippen LogP contribution in [0.5, 0.6) is 0 Å². The molecule has 1 saturated carbocycles. The minimum Gasteiger partial charge on any atom is -0.458 e. The van der Waals surface area contributed by atoms with E-state index in [1.807, 2.05) is 27.7 Å². The molecule has 0 radical (unpaired) electrons. The second-order valence-corrected chi connectivity index (χ2v) is 16.8. The van der Waals surface area contributed by atoms with Crippen LogP contribution in [0.4, 0.5) is 0 Å². The van der Waals surface area contributed by atoms with E-state index in [9.17, 15) is 29.1 Å². The smallest absolute Gasteiger partial charge is 0.338 e. The number of rotatable bonds is 12. The molecule has 0 aromatic heterocycles. The van der Waals surface area contributed by atoms with Crippen molar-refractivity contribution in [3.63, 3.8) is 0 Å². The highest BCUT2D eigenvalue weighted by Crippen LogP contribution is 2.54. The lowest BCUT2D eigenvalue weighted by atomic mass is 9.71. The van der Waals surface area contributed by atoms with Gasteiger partial charge >= 0.3 is 29.8 Å². The van der Waals surface area contributed by atoms with Gasteiger partial charge in [0.15, 0.2) is 6.10 Å². The zero-order valence-electron chi connectivity index (χ0n) is 35.0. The number of hydrogen-bond acceptors (Lipinski definition) is 13. The average Bonchev–Trinajstić information content (AvgIpc) is 3.28. The highest BCUT2D eigenvalue weighted by atomic mass is 16.6. The largest absolute Gasteiger partial charge is 0.458 e. The lowest BCUT2D eigenvalue weighted by Gasteiger charge is -2.47. The molecule has 312 valence electrons. The van der Waals surface area contributed by atoms with Gasteiger partial charge in [-0.1, -0.05) is 85.4 Å². The third-order valence-corrected chi connectivity index (χ3v) is 10.1. The maximum atomic E-state index is 14.0. The topological polar surface area (TPSA) is 170 Å². The van der Waals surface area contributed by atoms with Crippen molar-refractivity contribution in [3.05, 3.63) is 60.2 Å². The predicted molar refractivity (Wildman–Crippen MR) is 206 cm³/mol. The summed E-state index contributed by atoms with van der Waals surface area (Å²) in [6.45, 7) is 24.1. The van der Waals surface area contributed by atoms with Crippen LogP contribution in [0.3, 0.4) is 0 Å². The average molecular weight is 787 g/mol. The zero-order chi connectivity index (χ0) is 42.3. The van der Waals surface area contributed by atoms with Gasteiger partial charge in [-0.25, -0.2) is 4.79 Å². The molecule has 1 aromatic rings. The molecule has 0 spiro atoms. The summed E-state index contributed by atoms with van der Waals surface area (Å²) in [4.78, 5) is 65.5. The molecular weight excluding hydrogens is 724 g/mol. The number of hydrogen-bond donors (Lipinski definition) is 1. The standard InChI is InChI=1S/C43H62O13/c1-24(2)21-50-34-27(6)35(51-22-25(3)4)36(52-28(7)44)39(54-30(9)46)41(11,12)20-19-26(5)37(55-40(48)32-17-15-14-16-18-32)43(49)23-42(13,56-31(10)47)38(33(34)43)53-29(8)45/h14-20,24-26,33-39,49H,6,21-23H2,1-5,7-13H3/b20-19+/t26-,33-,34-,35-,36+,37-,38+,39+,42+,43+/m0/s1.